The molecule has 0 radical (unpaired) electrons. The fourth-order valence-corrected chi connectivity index (χ4v) is 1.38. The third-order valence-electron chi connectivity index (χ3n) is 2.29. The molecule has 0 bridgehead atoms. The van der Waals surface area contributed by atoms with Crippen LogP contribution in [0.25, 0.3) is 0 Å². The first-order valence-electron chi connectivity index (χ1n) is 5.76. The summed E-state index contributed by atoms with van der Waals surface area (Å²) in [6, 6.07) is 14.7. The first kappa shape index (κ1) is 12.8. The van der Waals surface area contributed by atoms with Crippen molar-refractivity contribution < 1.29 is 9.63 Å². The topological polar surface area (TPSA) is 63.6 Å². The van der Waals surface area contributed by atoms with Crippen molar-refractivity contribution in [2.75, 3.05) is 0 Å². The molecular weight excluding hydrogens is 242 g/mol. The molecule has 19 heavy (non-hydrogen) atoms. The Balaban J connectivity index is 1.74. The van der Waals surface area contributed by atoms with Crippen LogP contribution in [0, 0.1) is 0 Å². The van der Waals surface area contributed by atoms with Crippen LogP contribution in [-0.4, -0.2) is 17.2 Å². The van der Waals surface area contributed by atoms with Crippen LogP contribution in [0.4, 0.5) is 0 Å². The molecule has 0 saturated heterocycles. The van der Waals surface area contributed by atoms with Gasteiger partial charge in [-0.3, -0.25) is 9.78 Å². The number of carbonyl (C=O) groups excluding carboxylic acids is 1. The van der Waals surface area contributed by atoms with Gasteiger partial charge in [0.15, 0.2) is 0 Å². The van der Waals surface area contributed by atoms with E-state index < -0.39 is 0 Å². The average Bonchev–Trinajstić information content (AvgIpc) is 2.49. The quantitative estimate of drug-likeness (QED) is 0.504. The standard InChI is InChI=1S/C14H13N3O2/c18-14(13-8-4-5-9-15-13)16-11-17-19-10-12-6-2-1-3-7-12/h1-9,11H,10H2,(H,16,17,18). The van der Waals surface area contributed by atoms with Gasteiger partial charge in [0.1, 0.15) is 18.6 Å². The fourth-order valence-electron chi connectivity index (χ4n) is 1.38. The highest BCUT2D eigenvalue weighted by Gasteiger charge is 2.02. The van der Waals surface area contributed by atoms with Gasteiger partial charge in [-0.1, -0.05) is 41.6 Å². The maximum atomic E-state index is 11.6. The molecule has 1 aromatic heterocycles. The lowest BCUT2D eigenvalue weighted by molar-refractivity contribution is 0.0966. The van der Waals surface area contributed by atoms with Crippen LogP contribution in [0.1, 0.15) is 16.1 Å². The molecule has 0 atom stereocenters. The maximum Gasteiger partial charge on any atom is 0.275 e. The number of carbonyl (C=O) groups is 1. The number of amides is 1. The van der Waals surface area contributed by atoms with Gasteiger partial charge in [-0.15, -0.1) is 0 Å². The second-order valence-corrected chi connectivity index (χ2v) is 3.68. The summed E-state index contributed by atoms with van der Waals surface area (Å²) in [5.41, 5.74) is 1.34. The minimum atomic E-state index is -0.326. The number of rotatable bonds is 5. The Morgan fingerprint density at radius 1 is 1.21 bits per heavy atom. The third-order valence-corrected chi connectivity index (χ3v) is 2.29. The highest BCUT2D eigenvalue weighted by molar-refractivity contribution is 5.98. The van der Waals surface area contributed by atoms with Crippen molar-refractivity contribution in [2.24, 2.45) is 5.16 Å². The number of benzene rings is 1. The molecule has 0 saturated carbocycles. The van der Waals surface area contributed by atoms with Crippen molar-refractivity contribution in [3.63, 3.8) is 0 Å². The van der Waals surface area contributed by atoms with Crippen LogP contribution >= 0.6 is 0 Å². The normalized spacial score (nSPS) is 10.3. The number of nitrogens with one attached hydrogen (secondary N) is 1. The molecule has 1 heterocycles. The van der Waals surface area contributed by atoms with E-state index in [-0.39, 0.29) is 5.91 Å². The number of oxime groups is 1. The van der Waals surface area contributed by atoms with Crippen molar-refractivity contribution in [3.8, 4) is 0 Å². The van der Waals surface area contributed by atoms with Gasteiger partial charge in [-0.2, -0.15) is 0 Å². The van der Waals surface area contributed by atoms with Crippen LogP contribution in [0.2, 0.25) is 0 Å². The van der Waals surface area contributed by atoms with Crippen LogP contribution < -0.4 is 5.32 Å². The van der Waals surface area contributed by atoms with E-state index in [1.54, 1.807) is 24.4 Å². The Bertz CT molecular complexity index is 541. The number of nitrogens with zero attached hydrogens (tertiary/aromatic N) is 2. The molecule has 0 unspecified atom stereocenters. The van der Waals surface area contributed by atoms with E-state index >= 15 is 0 Å². The summed E-state index contributed by atoms with van der Waals surface area (Å²) in [6.45, 7) is 0.358. The van der Waals surface area contributed by atoms with Crippen LogP contribution in [0.3, 0.4) is 0 Å². The first-order valence-corrected chi connectivity index (χ1v) is 5.76. The molecule has 1 aromatic carbocycles. The molecule has 2 aromatic rings. The van der Waals surface area contributed by atoms with Gasteiger partial charge in [-0.05, 0) is 17.7 Å². The van der Waals surface area contributed by atoms with Crippen molar-refractivity contribution in [2.45, 2.75) is 6.61 Å². The van der Waals surface area contributed by atoms with Crippen LogP contribution in [0.5, 0.6) is 0 Å². The molecule has 5 heteroatoms. The predicted octanol–water partition coefficient (Wildman–Crippen LogP) is 1.97. The highest BCUT2D eigenvalue weighted by atomic mass is 16.6. The lowest BCUT2D eigenvalue weighted by Gasteiger charge is -2.00. The van der Waals surface area contributed by atoms with E-state index in [2.05, 4.69) is 15.5 Å². The zero-order chi connectivity index (χ0) is 13.3. The van der Waals surface area contributed by atoms with E-state index in [4.69, 9.17) is 4.84 Å². The van der Waals surface area contributed by atoms with Gasteiger partial charge in [0.2, 0.25) is 0 Å². The zero-order valence-corrected chi connectivity index (χ0v) is 10.2. The lowest BCUT2D eigenvalue weighted by atomic mass is 10.2. The van der Waals surface area contributed by atoms with Crippen LogP contribution in [0.15, 0.2) is 59.9 Å². The van der Waals surface area contributed by atoms with Gasteiger partial charge in [0.05, 0.1) is 0 Å². The predicted molar refractivity (Wildman–Crippen MR) is 71.4 cm³/mol. The summed E-state index contributed by atoms with van der Waals surface area (Å²) >= 11 is 0. The molecule has 1 amide bonds. The number of pyridine rings is 1. The summed E-state index contributed by atoms with van der Waals surface area (Å²) in [7, 11) is 0. The Kier molecular flexibility index (Phi) is 4.64. The monoisotopic (exact) mass is 255 g/mol. The third kappa shape index (κ3) is 4.23. The summed E-state index contributed by atoms with van der Waals surface area (Å²) in [6.07, 6.45) is 2.76. The number of hydrogen-bond donors (Lipinski definition) is 1. The second-order valence-electron chi connectivity index (χ2n) is 3.68. The molecular formula is C14H13N3O2. The van der Waals surface area contributed by atoms with Crippen molar-refractivity contribution in [1.29, 1.82) is 0 Å². The fraction of sp³-hybridized carbons (Fsp3) is 0.0714. The maximum absolute atomic E-state index is 11.6. The van der Waals surface area contributed by atoms with Gasteiger partial charge in [0, 0.05) is 6.20 Å². The minimum absolute atomic E-state index is 0.326. The Morgan fingerprint density at radius 2 is 2.00 bits per heavy atom. The van der Waals surface area contributed by atoms with E-state index in [1.807, 2.05) is 30.3 Å². The zero-order valence-electron chi connectivity index (χ0n) is 10.2. The van der Waals surface area contributed by atoms with E-state index in [0.29, 0.717) is 12.3 Å². The van der Waals surface area contributed by atoms with Gasteiger partial charge in [-0.25, -0.2) is 0 Å². The van der Waals surface area contributed by atoms with E-state index in [0.717, 1.165) is 5.56 Å². The van der Waals surface area contributed by atoms with E-state index in [9.17, 15) is 4.79 Å². The molecule has 2 rings (SSSR count). The Labute approximate surface area is 110 Å². The molecule has 0 spiro atoms. The van der Waals surface area contributed by atoms with Gasteiger partial charge in [0.25, 0.3) is 5.91 Å². The smallest absolute Gasteiger partial charge is 0.275 e. The molecule has 5 nitrogen and oxygen atoms in total. The van der Waals surface area contributed by atoms with Crippen molar-refractivity contribution in [3.05, 3.63) is 66.0 Å². The molecule has 0 aliphatic carbocycles. The average molecular weight is 255 g/mol. The Morgan fingerprint density at radius 3 is 2.74 bits per heavy atom. The minimum Gasteiger partial charge on any atom is -0.390 e. The van der Waals surface area contributed by atoms with Gasteiger partial charge < -0.3 is 10.2 Å². The van der Waals surface area contributed by atoms with E-state index in [1.165, 1.54) is 6.34 Å². The number of aromatic nitrogens is 1. The lowest BCUT2D eigenvalue weighted by Crippen LogP contribution is -2.22. The summed E-state index contributed by atoms with van der Waals surface area (Å²) in [5, 5.41) is 6.11. The van der Waals surface area contributed by atoms with Gasteiger partial charge >= 0.3 is 0 Å². The number of hydrogen-bond acceptors (Lipinski definition) is 4. The summed E-state index contributed by atoms with van der Waals surface area (Å²) in [4.78, 5) is 20.5. The SMILES string of the molecule is O=C(N/C=N/OCc1ccccc1)c1ccccn1. The molecule has 96 valence electrons. The molecule has 0 fully saturated rings. The molecule has 0 aliphatic rings. The summed E-state index contributed by atoms with van der Waals surface area (Å²) in [5.74, 6) is -0.326. The second kappa shape index (κ2) is 6.90. The first-order chi connectivity index (χ1) is 9.36. The largest absolute Gasteiger partial charge is 0.390 e. The molecule has 1 N–H and O–H groups in total. The highest BCUT2D eigenvalue weighted by Crippen LogP contribution is 1.99. The van der Waals surface area contributed by atoms with Crippen molar-refractivity contribution in [1.82, 2.24) is 10.3 Å². The molecule has 0 aliphatic heterocycles. The van der Waals surface area contributed by atoms with Crippen molar-refractivity contribution >= 4 is 12.2 Å². The summed E-state index contributed by atoms with van der Waals surface area (Å²) < 4.78 is 0. The van der Waals surface area contributed by atoms with Crippen LogP contribution in [-0.2, 0) is 11.4 Å². The Hall–Kier alpha value is -2.69.